The molecule has 1 aromatic rings. The minimum Gasteiger partial charge on any atom is -0.382 e. The Hall–Kier alpha value is -1.68. The first kappa shape index (κ1) is 8.42. The Kier molecular flexibility index (Phi) is 2.98. The van der Waals surface area contributed by atoms with Gasteiger partial charge < -0.3 is 5.32 Å². The van der Waals surface area contributed by atoms with Crippen LogP contribution < -0.4 is 5.32 Å². The second-order valence-corrected chi connectivity index (χ2v) is 2.39. The van der Waals surface area contributed by atoms with E-state index in [1.807, 2.05) is 30.3 Å². The van der Waals surface area contributed by atoms with Gasteiger partial charge in [0.2, 0.25) is 0 Å². The fourth-order valence-corrected chi connectivity index (χ4v) is 0.909. The molecule has 0 bridgehead atoms. The van der Waals surface area contributed by atoms with E-state index in [0.717, 1.165) is 17.8 Å². The Bertz CT molecular complexity index is 307. The molecular weight excluding hydrogens is 146 g/mol. The van der Waals surface area contributed by atoms with Gasteiger partial charge in [-0.15, -0.1) is 13.0 Å². The number of hydrogen-bond acceptors (Lipinski definition) is 1. The van der Waals surface area contributed by atoms with Gasteiger partial charge in [0.15, 0.2) is 0 Å². The van der Waals surface area contributed by atoms with Crippen molar-refractivity contribution in [1.29, 1.82) is 0 Å². The third kappa shape index (κ3) is 2.17. The van der Waals surface area contributed by atoms with Crippen LogP contribution in [-0.4, -0.2) is 6.54 Å². The van der Waals surface area contributed by atoms with Gasteiger partial charge >= 0.3 is 0 Å². The zero-order valence-electron chi connectivity index (χ0n) is 6.88. The maximum absolute atomic E-state index is 5.25. The molecule has 0 spiro atoms. The standard InChI is InChI=1S/C11H11N/c1-3-8-12-11-7-5-6-10(4-2)9-11/h2-3,5-7,9,12H,1,8H2. The summed E-state index contributed by atoms with van der Waals surface area (Å²) in [4.78, 5) is 0. The van der Waals surface area contributed by atoms with Crippen molar-refractivity contribution in [1.82, 2.24) is 0 Å². The molecule has 0 aliphatic carbocycles. The molecule has 1 aromatic carbocycles. The molecule has 0 fully saturated rings. The molecule has 0 unspecified atom stereocenters. The molecule has 60 valence electrons. The van der Waals surface area contributed by atoms with Crippen LogP contribution in [0.4, 0.5) is 5.69 Å². The Balaban J connectivity index is 2.74. The molecule has 1 heteroatoms. The summed E-state index contributed by atoms with van der Waals surface area (Å²) in [5.74, 6) is 2.58. The highest BCUT2D eigenvalue weighted by Gasteiger charge is 1.89. The minimum absolute atomic E-state index is 0.758. The Morgan fingerprint density at radius 3 is 3.08 bits per heavy atom. The van der Waals surface area contributed by atoms with Crippen LogP contribution in [0.15, 0.2) is 36.9 Å². The monoisotopic (exact) mass is 157 g/mol. The summed E-state index contributed by atoms with van der Waals surface area (Å²) in [5.41, 5.74) is 1.93. The van der Waals surface area contributed by atoms with Crippen molar-refractivity contribution in [2.75, 3.05) is 11.9 Å². The Morgan fingerprint density at radius 2 is 2.42 bits per heavy atom. The van der Waals surface area contributed by atoms with Gasteiger partial charge in [0, 0.05) is 17.8 Å². The first-order valence-corrected chi connectivity index (χ1v) is 3.78. The number of terminal acetylenes is 1. The van der Waals surface area contributed by atoms with E-state index >= 15 is 0 Å². The molecule has 0 amide bonds. The van der Waals surface area contributed by atoms with E-state index < -0.39 is 0 Å². The first-order chi connectivity index (χ1) is 5.86. The van der Waals surface area contributed by atoms with Gasteiger partial charge in [-0.25, -0.2) is 0 Å². The molecular formula is C11H11N. The predicted octanol–water partition coefficient (Wildman–Crippen LogP) is 2.27. The highest BCUT2D eigenvalue weighted by molar-refractivity contribution is 5.50. The normalized spacial score (nSPS) is 8.58. The average molecular weight is 157 g/mol. The lowest BCUT2D eigenvalue weighted by atomic mass is 10.2. The average Bonchev–Trinajstić information content (AvgIpc) is 2.15. The molecule has 0 radical (unpaired) electrons. The second kappa shape index (κ2) is 4.25. The van der Waals surface area contributed by atoms with Crippen LogP contribution in [0.3, 0.4) is 0 Å². The van der Waals surface area contributed by atoms with Crippen molar-refractivity contribution in [3.8, 4) is 12.3 Å². The van der Waals surface area contributed by atoms with Crippen molar-refractivity contribution in [2.24, 2.45) is 0 Å². The fourth-order valence-electron chi connectivity index (χ4n) is 0.909. The highest BCUT2D eigenvalue weighted by Crippen LogP contribution is 2.08. The largest absolute Gasteiger partial charge is 0.382 e. The second-order valence-electron chi connectivity index (χ2n) is 2.39. The molecule has 0 aromatic heterocycles. The Labute approximate surface area is 73.1 Å². The smallest absolute Gasteiger partial charge is 0.0355 e. The SMILES string of the molecule is C#Cc1cccc(NCC=C)c1. The van der Waals surface area contributed by atoms with E-state index in [1.54, 1.807) is 0 Å². The van der Waals surface area contributed by atoms with E-state index in [4.69, 9.17) is 6.42 Å². The summed E-state index contributed by atoms with van der Waals surface area (Å²) in [6, 6.07) is 7.74. The summed E-state index contributed by atoms with van der Waals surface area (Å²) in [6.45, 7) is 4.37. The van der Waals surface area contributed by atoms with Gasteiger partial charge in [0.1, 0.15) is 0 Å². The van der Waals surface area contributed by atoms with Gasteiger partial charge in [0.05, 0.1) is 0 Å². The highest BCUT2D eigenvalue weighted by atomic mass is 14.8. The number of rotatable bonds is 3. The third-order valence-electron chi connectivity index (χ3n) is 1.48. The van der Waals surface area contributed by atoms with Crippen LogP contribution in [0.25, 0.3) is 0 Å². The number of benzene rings is 1. The van der Waals surface area contributed by atoms with Crippen molar-refractivity contribution in [3.63, 3.8) is 0 Å². The van der Waals surface area contributed by atoms with Crippen LogP contribution in [-0.2, 0) is 0 Å². The minimum atomic E-state index is 0.758. The van der Waals surface area contributed by atoms with Gasteiger partial charge in [-0.3, -0.25) is 0 Å². The van der Waals surface area contributed by atoms with Gasteiger partial charge in [-0.2, -0.15) is 0 Å². The predicted molar refractivity (Wildman–Crippen MR) is 53.1 cm³/mol. The number of hydrogen-bond donors (Lipinski definition) is 1. The third-order valence-corrected chi connectivity index (χ3v) is 1.48. The van der Waals surface area contributed by atoms with Crippen LogP contribution in [0.2, 0.25) is 0 Å². The summed E-state index contributed by atoms with van der Waals surface area (Å²) < 4.78 is 0. The first-order valence-electron chi connectivity index (χ1n) is 3.78. The lowest BCUT2D eigenvalue weighted by Gasteiger charge is -2.02. The molecule has 1 rings (SSSR count). The zero-order valence-corrected chi connectivity index (χ0v) is 6.88. The van der Waals surface area contributed by atoms with Gasteiger partial charge in [0.25, 0.3) is 0 Å². The van der Waals surface area contributed by atoms with E-state index in [9.17, 15) is 0 Å². The summed E-state index contributed by atoms with van der Waals surface area (Å²) in [7, 11) is 0. The van der Waals surface area contributed by atoms with Crippen molar-refractivity contribution in [3.05, 3.63) is 42.5 Å². The topological polar surface area (TPSA) is 12.0 Å². The summed E-state index contributed by atoms with van der Waals surface area (Å²) in [6.07, 6.45) is 7.06. The van der Waals surface area contributed by atoms with E-state index in [1.165, 1.54) is 0 Å². The van der Waals surface area contributed by atoms with Crippen LogP contribution in [0, 0.1) is 12.3 Å². The van der Waals surface area contributed by atoms with E-state index in [0.29, 0.717) is 0 Å². The van der Waals surface area contributed by atoms with Crippen molar-refractivity contribution < 1.29 is 0 Å². The van der Waals surface area contributed by atoms with Crippen molar-refractivity contribution >= 4 is 5.69 Å². The van der Waals surface area contributed by atoms with E-state index in [2.05, 4.69) is 17.8 Å². The van der Waals surface area contributed by atoms with Gasteiger partial charge in [-0.05, 0) is 18.2 Å². The molecule has 1 N–H and O–H groups in total. The fraction of sp³-hybridized carbons (Fsp3) is 0.0909. The lowest BCUT2D eigenvalue weighted by Crippen LogP contribution is -1.97. The van der Waals surface area contributed by atoms with E-state index in [-0.39, 0.29) is 0 Å². The number of anilines is 1. The zero-order chi connectivity index (χ0) is 8.81. The molecule has 0 aliphatic rings. The Morgan fingerprint density at radius 1 is 1.58 bits per heavy atom. The molecule has 12 heavy (non-hydrogen) atoms. The maximum atomic E-state index is 5.25. The van der Waals surface area contributed by atoms with Crippen LogP contribution in [0.5, 0.6) is 0 Å². The lowest BCUT2D eigenvalue weighted by molar-refractivity contribution is 1.34. The molecule has 0 saturated heterocycles. The molecule has 0 atom stereocenters. The maximum Gasteiger partial charge on any atom is 0.0355 e. The quantitative estimate of drug-likeness (QED) is 0.524. The molecule has 0 saturated carbocycles. The summed E-state index contributed by atoms with van der Waals surface area (Å²) in [5, 5.41) is 3.16. The molecule has 0 heterocycles. The number of nitrogens with one attached hydrogen (secondary N) is 1. The van der Waals surface area contributed by atoms with Crippen molar-refractivity contribution in [2.45, 2.75) is 0 Å². The molecule has 0 aliphatic heterocycles. The molecule has 1 nitrogen and oxygen atoms in total. The summed E-state index contributed by atoms with van der Waals surface area (Å²) >= 11 is 0. The van der Waals surface area contributed by atoms with Crippen LogP contribution in [0.1, 0.15) is 5.56 Å². The van der Waals surface area contributed by atoms with Gasteiger partial charge in [-0.1, -0.05) is 18.1 Å². The van der Waals surface area contributed by atoms with Crippen LogP contribution >= 0.6 is 0 Å².